The van der Waals surface area contributed by atoms with Gasteiger partial charge in [0, 0.05) is 37.9 Å². The quantitative estimate of drug-likeness (QED) is 0.752. The van der Waals surface area contributed by atoms with Crippen LogP contribution in [-0.4, -0.2) is 61.2 Å². The zero-order valence-corrected chi connectivity index (χ0v) is 16.4. The van der Waals surface area contributed by atoms with Gasteiger partial charge in [-0.05, 0) is 49.2 Å². The number of rotatable bonds is 4. The Bertz CT molecular complexity index is 938. The molecule has 2 aromatic rings. The molecule has 8 nitrogen and oxygen atoms in total. The molecule has 1 aromatic carbocycles. The molecule has 0 unspecified atom stereocenters. The van der Waals surface area contributed by atoms with E-state index in [-0.39, 0.29) is 11.8 Å². The van der Waals surface area contributed by atoms with Crippen molar-refractivity contribution in [3.63, 3.8) is 0 Å². The summed E-state index contributed by atoms with van der Waals surface area (Å²) in [5.41, 5.74) is 2.02. The maximum atomic E-state index is 12.9. The topological polar surface area (TPSA) is 99.7 Å². The van der Waals surface area contributed by atoms with Gasteiger partial charge in [0.2, 0.25) is 10.9 Å². The standard InChI is InChI=1S/C19H22N4O4S/c1-14-13-15(6-7-16(14)21-28(26)27)18(24)22-9-4-10-23(12-11-22)19(25)17-5-2-3-8-20-17/h2-3,5-8,13,28H,4,9-12H2,1H3,(H,21,26,27). The van der Waals surface area contributed by atoms with E-state index in [0.717, 1.165) is 0 Å². The molecule has 148 valence electrons. The van der Waals surface area contributed by atoms with Gasteiger partial charge in [-0.15, -0.1) is 0 Å². The highest BCUT2D eigenvalue weighted by molar-refractivity contribution is 7.73. The molecule has 1 aromatic heterocycles. The average molecular weight is 402 g/mol. The smallest absolute Gasteiger partial charge is 0.272 e. The first-order valence-corrected chi connectivity index (χ1v) is 10.1. The van der Waals surface area contributed by atoms with Gasteiger partial charge >= 0.3 is 0 Å². The maximum Gasteiger partial charge on any atom is 0.272 e. The van der Waals surface area contributed by atoms with Crippen LogP contribution in [0, 0.1) is 6.92 Å². The fourth-order valence-electron chi connectivity index (χ4n) is 3.18. The Balaban J connectivity index is 1.67. The third-order valence-corrected chi connectivity index (χ3v) is 5.06. The average Bonchev–Trinajstić information content (AvgIpc) is 2.95. The molecule has 2 amide bonds. The summed E-state index contributed by atoms with van der Waals surface area (Å²) in [4.78, 5) is 33.0. The van der Waals surface area contributed by atoms with Crippen molar-refractivity contribution in [3.05, 3.63) is 59.4 Å². The number of aryl methyl sites for hydroxylation is 1. The number of pyridine rings is 1. The lowest BCUT2D eigenvalue weighted by Crippen LogP contribution is -2.37. The number of nitrogens with zero attached hydrogens (tertiary/aromatic N) is 3. The first kappa shape index (κ1) is 19.8. The van der Waals surface area contributed by atoms with Crippen molar-refractivity contribution in [2.75, 3.05) is 30.9 Å². The molecule has 0 spiro atoms. The summed E-state index contributed by atoms with van der Waals surface area (Å²) in [5, 5.41) is 0. The first-order valence-electron chi connectivity index (χ1n) is 8.97. The minimum absolute atomic E-state index is 0.131. The Labute approximate surface area is 165 Å². The molecule has 0 radical (unpaired) electrons. The van der Waals surface area contributed by atoms with Crippen LogP contribution in [0.2, 0.25) is 0 Å². The second-order valence-corrected chi connectivity index (χ2v) is 7.29. The van der Waals surface area contributed by atoms with Gasteiger partial charge in [0.1, 0.15) is 5.69 Å². The predicted octanol–water partition coefficient (Wildman–Crippen LogP) is 1.32. The van der Waals surface area contributed by atoms with Gasteiger partial charge in [0.25, 0.3) is 11.8 Å². The van der Waals surface area contributed by atoms with Crippen LogP contribution in [0.4, 0.5) is 5.69 Å². The Morgan fingerprint density at radius 2 is 1.71 bits per heavy atom. The van der Waals surface area contributed by atoms with Crippen molar-refractivity contribution in [2.45, 2.75) is 13.3 Å². The molecular weight excluding hydrogens is 380 g/mol. The zero-order chi connectivity index (χ0) is 20.1. The summed E-state index contributed by atoms with van der Waals surface area (Å²) in [6.07, 6.45) is 2.27. The monoisotopic (exact) mass is 402 g/mol. The number of thiol groups is 1. The molecule has 1 aliphatic rings. The van der Waals surface area contributed by atoms with E-state index in [2.05, 4.69) is 9.71 Å². The normalized spacial score (nSPS) is 14.6. The van der Waals surface area contributed by atoms with E-state index in [1.54, 1.807) is 59.3 Å². The summed E-state index contributed by atoms with van der Waals surface area (Å²) in [5.74, 6) is -0.263. The summed E-state index contributed by atoms with van der Waals surface area (Å²) in [6, 6.07) is 10.1. The number of hydrogen-bond donors (Lipinski definition) is 2. The van der Waals surface area contributed by atoms with Crippen LogP contribution >= 0.6 is 0 Å². The molecule has 28 heavy (non-hydrogen) atoms. The fraction of sp³-hybridized carbons (Fsp3) is 0.316. The van der Waals surface area contributed by atoms with Gasteiger partial charge < -0.3 is 9.80 Å². The molecule has 0 atom stereocenters. The van der Waals surface area contributed by atoms with E-state index in [0.29, 0.717) is 55.1 Å². The molecule has 1 aliphatic heterocycles. The fourth-order valence-corrected chi connectivity index (χ4v) is 3.63. The Kier molecular flexibility index (Phi) is 6.25. The van der Waals surface area contributed by atoms with Gasteiger partial charge in [-0.1, -0.05) is 6.07 Å². The zero-order valence-electron chi connectivity index (χ0n) is 15.5. The number of aromatic nitrogens is 1. The summed E-state index contributed by atoms with van der Waals surface area (Å²) in [6.45, 7) is 3.74. The molecule has 3 rings (SSSR count). The van der Waals surface area contributed by atoms with Gasteiger partial charge in [0.15, 0.2) is 0 Å². The van der Waals surface area contributed by atoms with E-state index in [1.165, 1.54) is 0 Å². The highest BCUT2D eigenvalue weighted by Gasteiger charge is 2.24. The Morgan fingerprint density at radius 1 is 1.00 bits per heavy atom. The third kappa shape index (κ3) is 4.66. The minimum Gasteiger partial charge on any atom is -0.337 e. The van der Waals surface area contributed by atoms with Gasteiger partial charge in [0.05, 0.1) is 5.69 Å². The number of amides is 2. The molecule has 1 fully saturated rings. The number of anilines is 1. The SMILES string of the molecule is Cc1cc(C(=O)N2CCCN(C(=O)c3ccccn3)CC2)ccc1N[SH](=O)=O. The van der Waals surface area contributed by atoms with E-state index < -0.39 is 10.9 Å². The molecule has 0 aliphatic carbocycles. The number of benzene rings is 1. The van der Waals surface area contributed by atoms with Gasteiger partial charge in [-0.2, -0.15) is 0 Å². The van der Waals surface area contributed by atoms with Crippen molar-refractivity contribution in [1.29, 1.82) is 0 Å². The minimum atomic E-state index is -2.75. The van der Waals surface area contributed by atoms with Crippen molar-refractivity contribution in [1.82, 2.24) is 14.8 Å². The lowest BCUT2D eigenvalue weighted by Gasteiger charge is -2.22. The van der Waals surface area contributed by atoms with Crippen LogP contribution < -0.4 is 4.72 Å². The van der Waals surface area contributed by atoms with E-state index in [4.69, 9.17) is 0 Å². The van der Waals surface area contributed by atoms with Crippen LogP contribution in [-0.2, 0) is 10.9 Å². The van der Waals surface area contributed by atoms with Crippen molar-refractivity contribution in [2.24, 2.45) is 0 Å². The number of carbonyl (C=O) groups is 2. The molecule has 9 heteroatoms. The first-order chi connectivity index (χ1) is 13.5. The van der Waals surface area contributed by atoms with Crippen molar-refractivity contribution >= 4 is 28.4 Å². The highest BCUT2D eigenvalue weighted by Crippen LogP contribution is 2.18. The summed E-state index contributed by atoms with van der Waals surface area (Å²) >= 11 is 0. The largest absolute Gasteiger partial charge is 0.337 e. The van der Waals surface area contributed by atoms with Crippen LogP contribution in [0.25, 0.3) is 0 Å². The Hall–Kier alpha value is -2.94. The van der Waals surface area contributed by atoms with Gasteiger partial charge in [-0.3, -0.25) is 19.3 Å². The third-order valence-electron chi connectivity index (χ3n) is 4.64. The maximum absolute atomic E-state index is 12.9. The second-order valence-electron chi connectivity index (χ2n) is 6.55. The van der Waals surface area contributed by atoms with E-state index in [9.17, 15) is 18.0 Å². The number of nitrogens with one attached hydrogen (secondary N) is 1. The lowest BCUT2D eigenvalue weighted by atomic mass is 10.1. The molecular formula is C19H22N4O4S. The molecule has 2 heterocycles. The van der Waals surface area contributed by atoms with Crippen molar-refractivity contribution < 1.29 is 18.0 Å². The van der Waals surface area contributed by atoms with E-state index >= 15 is 0 Å². The molecule has 0 saturated carbocycles. The van der Waals surface area contributed by atoms with Crippen LogP contribution in [0.3, 0.4) is 0 Å². The summed E-state index contributed by atoms with van der Waals surface area (Å²) in [7, 11) is -2.75. The molecule has 1 N–H and O–H groups in total. The van der Waals surface area contributed by atoms with Crippen LogP contribution in [0.1, 0.15) is 32.8 Å². The second kappa shape index (κ2) is 8.83. The molecule has 1 saturated heterocycles. The Morgan fingerprint density at radius 3 is 2.32 bits per heavy atom. The predicted molar refractivity (Wildman–Crippen MR) is 106 cm³/mol. The highest BCUT2D eigenvalue weighted by atomic mass is 32.2. The number of hydrogen-bond acceptors (Lipinski definition) is 5. The summed E-state index contributed by atoms with van der Waals surface area (Å²) < 4.78 is 24.0. The number of carbonyl (C=O) groups excluding carboxylic acids is 2. The van der Waals surface area contributed by atoms with Gasteiger partial charge in [-0.25, -0.2) is 8.42 Å². The van der Waals surface area contributed by atoms with Crippen LogP contribution in [0.5, 0.6) is 0 Å². The van der Waals surface area contributed by atoms with Crippen molar-refractivity contribution in [3.8, 4) is 0 Å². The molecule has 0 bridgehead atoms. The van der Waals surface area contributed by atoms with E-state index in [1.807, 2.05) is 0 Å². The lowest BCUT2D eigenvalue weighted by molar-refractivity contribution is 0.0715. The van der Waals surface area contributed by atoms with Crippen LogP contribution in [0.15, 0.2) is 42.6 Å².